The molecule has 1 unspecified atom stereocenters. The van der Waals surface area contributed by atoms with E-state index in [0.29, 0.717) is 11.4 Å². The van der Waals surface area contributed by atoms with Crippen LogP contribution in [0.3, 0.4) is 0 Å². The summed E-state index contributed by atoms with van der Waals surface area (Å²) in [6.07, 6.45) is 2.24. The van der Waals surface area contributed by atoms with Crippen LogP contribution < -0.4 is 4.90 Å². The number of anilines is 1. The Balaban J connectivity index is 2.14. The van der Waals surface area contributed by atoms with E-state index in [1.807, 2.05) is 11.9 Å². The number of halogens is 1. The fourth-order valence-corrected chi connectivity index (χ4v) is 3.73. The van der Waals surface area contributed by atoms with Crippen LogP contribution in [0.1, 0.15) is 6.42 Å². The van der Waals surface area contributed by atoms with Crippen LogP contribution in [-0.2, 0) is 9.84 Å². The molecule has 1 aromatic heterocycles. The molecule has 1 aliphatic rings. The van der Waals surface area contributed by atoms with Gasteiger partial charge in [0.25, 0.3) is 0 Å². The molecule has 88 valence electrons. The van der Waals surface area contributed by atoms with Crippen molar-refractivity contribution < 1.29 is 8.42 Å². The largest absolute Gasteiger partial charge is 0.356 e. The van der Waals surface area contributed by atoms with Crippen molar-refractivity contribution in [2.45, 2.75) is 12.5 Å². The lowest BCUT2D eigenvalue weighted by atomic mass is 10.2. The molecule has 1 fully saturated rings. The molecule has 1 atom stereocenters. The molecule has 0 aromatic carbocycles. The molecular weight excluding hydrogens is 248 g/mol. The maximum absolute atomic E-state index is 11.4. The van der Waals surface area contributed by atoms with Crippen LogP contribution in [0.2, 0.25) is 5.02 Å². The van der Waals surface area contributed by atoms with Crippen molar-refractivity contribution in [3.8, 4) is 0 Å². The van der Waals surface area contributed by atoms with E-state index in [-0.39, 0.29) is 17.5 Å². The summed E-state index contributed by atoms with van der Waals surface area (Å²) in [6, 6.07) is 3.58. The monoisotopic (exact) mass is 260 g/mol. The molecule has 0 radical (unpaired) electrons. The van der Waals surface area contributed by atoms with Crippen molar-refractivity contribution in [1.29, 1.82) is 0 Å². The Bertz CT molecular complexity index is 472. The summed E-state index contributed by atoms with van der Waals surface area (Å²) in [5.74, 6) is 1.25. The lowest BCUT2D eigenvalue weighted by Crippen LogP contribution is -2.33. The summed E-state index contributed by atoms with van der Waals surface area (Å²) in [7, 11) is -0.989. The lowest BCUT2D eigenvalue weighted by Gasteiger charge is -2.24. The molecule has 4 nitrogen and oxygen atoms in total. The second-order valence-corrected chi connectivity index (χ2v) is 6.67. The number of rotatable bonds is 2. The molecule has 0 saturated carbocycles. The van der Waals surface area contributed by atoms with Gasteiger partial charge in [-0.05, 0) is 18.6 Å². The average molecular weight is 261 g/mol. The molecule has 0 N–H and O–H groups in total. The SMILES string of the molecule is CN(c1ccc(Cl)cn1)C1CCS(=O)(=O)C1. The van der Waals surface area contributed by atoms with Crippen LogP contribution in [0.4, 0.5) is 5.82 Å². The molecule has 0 spiro atoms. The second kappa shape index (κ2) is 4.22. The molecule has 1 saturated heterocycles. The minimum Gasteiger partial charge on any atom is -0.356 e. The Morgan fingerprint density at radius 3 is 2.75 bits per heavy atom. The van der Waals surface area contributed by atoms with Gasteiger partial charge in [0, 0.05) is 19.3 Å². The quantitative estimate of drug-likeness (QED) is 0.806. The fraction of sp³-hybridized carbons (Fsp3) is 0.500. The molecule has 1 aromatic rings. The van der Waals surface area contributed by atoms with Crippen molar-refractivity contribution >= 4 is 27.3 Å². The van der Waals surface area contributed by atoms with Gasteiger partial charge in [0.05, 0.1) is 16.5 Å². The molecule has 0 amide bonds. The van der Waals surface area contributed by atoms with Gasteiger partial charge in [0.15, 0.2) is 9.84 Å². The summed E-state index contributed by atoms with van der Waals surface area (Å²) in [4.78, 5) is 6.07. The third-order valence-electron chi connectivity index (χ3n) is 2.83. The lowest BCUT2D eigenvalue weighted by molar-refractivity contribution is 0.600. The summed E-state index contributed by atoms with van der Waals surface area (Å²) in [6.45, 7) is 0. The Morgan fingerprint density at radius 1 is 1.50 bits per heavy atom. The minimum absolute atomic E-state index is 0.0266. The van der Waals surface area contributed by atoms with Gasteiger partial charge in [0.1, 0.15) is 5.82 Å². The zero-order valence-electron chi connectivity index (χ0n) is 8.93. The number of aromatic nitrogens is 1. The van der Waals surface area contributed by atoms with E-state index in [0.717, 1.165) is 5.82 Å². The van der Waals surface area contributed by atoms with E-state index < -0.39 is 9.84 Å². The Hall–Kier alpha value is -0.810. The first-order chi connectivity index (χ1) is 7.48. The van der Waals surface area contributed by atoms with Crippen molar-refractivity contribution in [1.82, 2.24) is 4.98 Å². The molecule has 0 bridgehead atoms. The smallest absolute Gasteiger partial charge is 0.152 e. The van der Waals surface area contributed by atoms with Crippen LogP contribution in [0.15, 0.2) is 18.3 Å². The third-order valence-corrected chi connectivity index (χ3v) is 4.80. The normalized spacial score (nSPS) is 23.2. The third kappa shape index (κ3) is 2.47. The molecule has 1 aliphatic heterocycles. The van der Waals surface area contributed by atoms with Gasteiger partial charge in [-0.1, -0.05) is 11.6 Å². The molecule has 16 heavy (non-hydrogen) atoms. The first-order valence-corrected chi connectivity index (χ1v) is 7.23. The van der Waals surface area contributed by atoms with E-state index in [1.54, 1.807) is 18.3 Å². The van der Waals surface area contributed by atoms with Gasteiger partial charge in [-0.3, -0.25) is 0 Å². The number of hydrogen-bond donors (Lipinski definition) is 0. The molecule has 6 heteroatoms. The van der Waals surface area contributed by atoms with E-state index in [4.69, 9.17) is 11.6 Å². The van der Waals surface area contributed by atoms with Crippen LogP contribution in [0.5, 0.6) is 0 Å². The Kier molecular flexibility index (Phi) is 3.08. The van der Waals surface area contributed by atoms with E-state index in [9.17, 15) is 8.42 Å². The maximum Gasteiger partial charge on any atom is 0.152 e. The molecule has 2 heterocycles. The summed E-state index contributed by atoms with van der Waals surface area (Å²) in [5.41, 5.74) is 0. The fourth-order valence-electron chi connectivity index (χ4n) is 1.84. The number of hydrogen-bond acceptors (Lipinski definition) is 4. The van der Waals surface area contributed by atoms with Crippen LogP contribution in [0, 0.1) is 0 Å². The zero-order valence-corrected chi connectivity index (χ0v) is 10.5. The van der Waals surface area contributed by atoms with E-state index in [2.05, 4.69) is 4.98 Å². The summed E-state index contributed by atoms with van der Waals surface area (Å²) < 4.78 is 22.7. The van der Waals surface area contributed by atoms with Gasteiger partial charge < -0.3 is 4.90 Å². The van der Waals surface area contributed by atoms with Crippen LogP contribution in [0.25, 0.3) is 0 Å². The van der Waals surface area contributed by atoms with Crippen molar-refractivity contribution in [2.75, 3.05) is 23.5 Å². The highest BCUT2D eigenvalue weighted by molar-refractivity contribution is 7.91. The number of pyridine rings is 1. The minimum atomic E-state index is -2.85. The predicted octanol–water partition coefficient (Wildman–Crippen LogP) is 1.36. The van der Waals surface area contributed by atoms with E-state index >= 15 is 0 Å². The highest BCUT2D eigenvalue weighted by Crippen LogP contribution is 2.21. The zero-order chi connectivity index (χ0) is 11.8. The first-order valence-electron chi connectivity index (χ1n) is 5.03. The maximum atomic E-state index is 11.4. The van der Waals surface area contributed by atoms with Crippen LogP contribution in [-0.4, -0.2) is 38.0 Å². The second-order valence-electron chi connectivity index (χ2n) is 4.00. The molecular formula is C10H13ClN2O2S. The highest BCUT2D eigenvalue weighted by Gasteiger charge is 2.31. The van der Waals surface area contributed by atoms with Crippen molar-refractivity contribution in [2.24, 2.45) is 0 Å². The molecule has 2 rings (SSSR count). The standard InChI is InChI=1S/C10H13ClN2O2S/c1-13(9-4-5-16(14,15)7-9)10-3-2-8(11)6-12-10/h2-3,6,9H,4-5,7H2,1H3. The number of sulfone groups is 1. The van der Waals surface area contributed by atoms with Gasteiger partial charge in [-0.2, -0.15) is 0 Å². The van der Waals surface area contributed by atoms with Gasteiger partial charge in [0.2, 0.25) is 0 Å². The topological polar surface area (TPSA) is 50.3 Å². The highest BCUT2D eigenvalue weighted by atomic mass is 35.5. The van der Waals surface area contributed by atoms with Crippen LogP contribution >= 0.6 is 11.6 Å². The van der Waals surface area contributed by atoms with Crippen molar-refractivity contribution in [3.63, 3.8) is 0 Å². The van der Waals surface area contributed by atoms with Gasteiger partial charge in [-0.25, -0.2) is 13.4 Å². The van der Waals surface area contributed by atoms with Gasteiger partial charge >= 0.3 is 0 Å². The van der Waals surface area contributed by atoms with Crippen molar-refractivity contribution in [3.05, 3.63) is 23.4 Å². The summed E-state index contributed by atoms with van der Waals surface area (Å²) in [5, 5.41) is 0.580. The Labute approximate surface area is 100 Å². The van der Waals surface area contributed by atoms with Gasteiger partial charge in [-0.15, -0.1) is 0 Å². The number of nitrogens with zero attached hydrogens (tertiary/aromatic N) is 2. The predicted molar refractivity (Wildman–Crippen MR) is 64.7 cm³/mol. The van der Waals surface area contributed by atoms with E-state index in [1.165, 1.54) is 0 Å². The average Bonchev–Trinajstić information content (AvgIpc) is 2.59. The first kappa shape index (κ1) is 11.7. The summed E-state index contributed by atoms with van der Waals surface area (Å²) >= 11 is 5.74. The Morgan fingerprint density at radius 2 is 2.25 bits per heavy atom. The molecule has 0 aliphatic carbocycles.